The summed E-state index contributed by atoms with van der Waals surface area (Å²) < 4.78 is 0. The van der Waals surface area contributed by atoms with Crippen molar-refractivity contribution in [3.8, 4) is 0 Å². The molecule has 0 N–H and O–H groups in total. The van der Waals surface area contributed by atoms with Crippen molar-refractivity contribution in [2.45, 2.75) is 0 Å². The molecule has 7 heavy (non-hydrogen) atoms. The fourth-order valence-electron chi connectivity index (χ4n) is 0. The Morgan fingerprint density at radius 1 is 0.286 bits per heavy atom. The molecule has 0 amide bonds. The Labute approximate surface area is 119 Å². The van der Waals surface area contributed by atoms with E-state index in [4.69, 9.17) is 0 Å². The molecule has 0 aliphatic rings. The smallest absolute Gasteiger partial charge is 0 e. The van der Waals surface area contributed by atoms with Crippen LogP contribution >= 0.6 is 0 Å². The van der Waals surface area contributed by atoms with Gasteiger partial charge in [-0.15, -0.1) is 0 Å². The van der Waals surface area contributed by atoms with Crippen LogP contribution < -0.4 is 0 Å². The van der Waals surface area contributed by atoms with Gasteiger partial charge in [0, 0.05) is 121 Å². The molecule has 0 fully saturated rings. The van der Waals surface area contributed by atoms with Crippen molar-refractivity contribution in [2.75, 3.05) is 0 Å². The molecule has 45 valence electrons. The molecule has 0 aromatic carbocycles. The molecule has 0 spiro atoms. The third-order valence-electron chi connectivity index (χ3n) is 0. The molecule has 0 rings (SSSR count). The van der Waals surface area contributed by atoms with E-state index in [1.165, 1.54) is 0 Å². The zero-order chi connectivity index (χ0) is 0. The molecule has 0 aliphatic heterocycles. The zero-order valence-corrected chi connectivity index (χ0v) is 11.5. The van der Waals surface area contributed by atoms with Crippen molar-refractivity contribution in [1.82, 2.24) is 0 Å². The van der Waals surface area contributed by atoms with E-state index in [0.29, 0.717) is 0 Å². The predicted molar refractivity (Wildman–Crippen MR) is 0 cm³/mol. The Balaban J connectivity index is 0. The minimum atomic E-state index is 0. The topological polar surface area (TPSA) is 0 Å². The van der Waals surface area contributed by atoms with Gasteiger partial charge in [-0.05, 0) is 0 Å². The second kappa shape index (κ2) is 53.6. The maximum atomic E-state index is 0. The summed E-state index contributed by atoms with van der Waals surface area (Å²) in [7, 11) is 0. The van der Waals surface area contributed by atoms with Crippen molar-refractivity contribution in [1.29, 1.82) is 0 Å². The first kappa shape index (κ1) is 73.5. The van der Waals surface area contributed by atoms with E-state index < -0.39 is 0 Å². The van der Waals surface area contributed by atoms with E-state index in [0.717, 1.165) is 0 Å². The summed E-state index contributed by atoms with van der Waals surface area (Å²) in [5.41, 5.74) is 0. The molecule has 0 bridgehead atoms. The van der Waals surface area contributed by atoms with Gasteiger partial charge in [0.15, 0.2) is 0 Å². The first-order valence-corrected chi connectivity index (χ1v) is 0. The summed E-state index contributed by atoms with van der Waals surface area (Å²) in [6.07, 6.45) is 0. The van der Waals surface area contributed by atoms with Gasteiger partial charge < -0.3 is 0 Å². The third-order valence-corrected chi connectivity index (χ3v) is 0. The molecular weight excluding hydrogens is 371 g/mol. The van der Waals surface area contributed by atoms with Crippen LogP contribution in [-0.2, 0) is 121 Å². The van der Waals surface area contributed by atoms with Crippen LogP contribution in [0.4, 0.5) is 0 Å². The molecule has 0 atom stereocenters. The Morgan fingerprint density at radius 3 is 0.286 bits per heavy atom. The van der Waals surface area contributed by atoms with Gasteiger partial charge in [-0.2, -0.15) is 0 Å². The van der Waals surface area contributed by atoms with Crippen molar-refractivity contribution >= 4 is 0 Å². The summed E-state index contributed by atoms with van der Waals surface area (Å²) in [6, 6.07) is 0. The van der Waals surface area contributed by atoms with Crippen molar-refractivity contribution in [3.05, 3.63) is 0 Å². The summed E-state index contributed by atoms with van der Waals surface area (Å²) in [5, 5.41) is 0. The molecule has 0 saturated carbocycles. The van der Waals surface area contributed by atoms with E-state index in [2.05, 4.69) is 0 Å². The number of hydrogen-bond donors (Lipinski definition) is 0. The SMILES string of the molecule is [Co].[Cr].[Cr].[Cr].[Cr].[Cr].[Cr]. The van der Waals surface area contributed by atoms with Gasteiger partial charge in [-0.25, -0.2) is 0 Å². The van der Waals surface area contributed by atoms with Gasteiger partial charge >= 0.3 is 0 Å². The average Bonchev–Trinajstić information content (AvgIpc) is 0. The minimum Gasteiger partial charge on any atom is 0 e. The van der Waals surface area contributed by atoms with Gasteiger partial charge in [-0.3, -0.25) is 0 Å². The number of rotatable bonds is 0. The molecule has 0 aromatic heterocycles. The van der Waals surface area contributed by atoms with Crippen molar-refractivity contribution < 1.29 is 121 Å². The van der Waals surface area contributed by atoms with Crippen LogP contribution in [0.15, 0.2) is 0 Å². The van der Waals surface area contributed by atoms with Crippen LogP contribution in [0.1, 0.15) is 0 Å². The van der Waals surface area contributed by atoms with E-state index in [9.17, 15) is 0 Å². The summed E-state index contributed by atoms with van der Waals surface area (Å²) >= 11 is 0. The van der Waals surface area contributed by atoms with E-state index in [-0.39, 0.29) is 121 Å². The second-order valence-electron chi connectivity index (χ2n) is 0. The molecule has 7 heteroatoms. The Bertz CT molecular complexity index is 4.14. The normalized spacial score (nSPS) is 0. The van der Waals surface area contributed by atoms with Crippen molar-refractivity contribution in [3.63, 3.8) is 0 Å². The molecule has 0 saturated heterocycles. The maximum absolute atomic E-state index is 0. The molecule has 1 radical (unpaired) electrons. The molecule has 0 aromatic rings. The Kier molecular flexibility index (Phi) is 563. The standard InChI is InChI=1S/Co.6Cr. The van der Waals surface area contributed by atoms with Crippen molar-refractivity contribution in [2.24, 2.45) is 0 Å². The molecular formula is CoCr6. The Hall–Kier alpha value is 3.70. The third kappa shape index (κ3) is 42.0. The fraction of sp³-hybridized carbons (Fsp3) is 0. The summed E-state index contributed by atoms with van der Waals surface area (Å²) in [5.74, 6) is 0. The predicted octanol–water partition coefficient (Wildman–Crippen LogP) is -0.0175. The van der Waals surface area contributed by atoms with E-state index in [1.807, 2.05) is 0 Å². The van der Waals surface area contributed by atoms with Gasteiger partial charge in [0.25, 0.3) is 0 Å². The van der Waals surface area contributed by atoms with Gasteiger partial charge in [0.2, 0.25) is 0 Å². The van der Waals surface area contributed by atoms with Gasteiger partial charge in [0.05, 0.1) is 0 Å². The molecule has 0 aliphatic carbocycles. The van der Waals surface area contributed by atoms with E-state index >= 15 is 0 Å². The first-order chi connectivity index (χ1) is 0. The van der Waals surface area contributed by atoms with Crippen LogP contribution in [0.5, 0.6) is 0 Å². The monoisotopic (exact) mass is 371 g/mol. The largest absolute Gasteiger partial charge is 0 e. The van der Waals surface area contributed by atoms with Gasteiger partial charge in [-0.1, -0.05) is 0 Å². The van der Waals surface area contributed by atoms with Crippen LogP contribution in [0, 0.1) is 0 Å². The fourth-order valence-corrected chi connectivity index (χ4v) is 0. The summed E-state index contributed by atoms with van der Waals surface area (Å²) in [6.45, 7) is 0. The minimum absolute atomic E-state index is 0. The van der Waals surface area contributed by atoms with Crippen LogP contribution in [0.3, 0.4) is 0 Å². The Morgan fingerprint density at radius 2 is 0.286 bits per heavy atom. The molecule has 0 nitrogen and oxygen atoms in total. The zero-order valence-electron chi connectivity index (χ0n) is 2.78. The molecule has 0 heterocycles. The quantitative estimate of drug-likeness (QED) is 0.562. The number of hydrogen-bond acceptors (Lipinski definition) is 0. The van der Waals surface area contributed by atoms with Crippen LogP contribution in [-0.4, -0.2) is 0 Å². The average molecular weight is 371 g/mol. The molecule has 0 unspecified atom stereocenters. The van der Waals surface area contributed by atoms with Crippen LogP contribution in [0.2, 0.25) is 0 Å². The second-order valence-corrected chi connectivity index (χ2v) is 0. The van der Waals surface area contributed by atoms with Gasteiger partial charge in [0.1, 0.15) is 0 Å². The summed E-state index contributed by atoms with van der Waals surface area (Å²) in [4.78, 5) is 0. The maximum Gasteiger partial charge on any atom is 0 e. The van der Waals surface area contributed by atoms with Crippen LogP contribution in [0.25, 0.3) is 0 Å². The first-order valence-electron chi connectivity index (χ1n) is 0. The van der Waals surface area contributed by atoms with E-state index in [1.54, 1.807) is 0 Å².